The highest BCUT2D eigenvalue weighted by molar-refractivity contribution is 9.10. The molecule has 0 radical (unpaired) electrons. The van der Waals surface area contributed by atoms with Gasteiger partial charge in [-0.05, 0) is 28.8 Å². The zero-order valence-corrected chi connectivity index (χ0v) is 12.1. The number of ether oxygens (including phenoxy) is 2. The normalized spacial score (nSPS) is 21.8. The number of rotatable bonds is 3. The molecule has 0 bridgehead atoms. The third kappa shape index (κ3) is 2.62. The third-order valence-corrected chi connectivity index (χ3v) is 4.05. The van der Waals surface area contributed by atoms with Crippen LogP contribution in [0.15, 0.2) is 4.47 Å². The highest BCUT2D eigenvalue weighted by Crippen LogP contribution is 2.31. The minimum atomic E-state index is -0.187. The highest BCUT2D eigenvalue weighted by atomic mass is 79.9. The SMILES string of the molecule is O=C(NCC1CCCO1)c1nn2c(c1Br)OCCC2. The summed E-state index contributed by atoms with van der Waals surface area (Å²) in [6.07, 6.45) is 3.12. The Balaban J connectivity index is 1.67. The van der Waals surface area contributed by atoms with Gasteiger partial charge in [0, 0.05) is 26.1 Å². The number of hydrogen-bond acceptors (Lipinski definition) is 4. The molecule has 6 nitrogen and oxygen atoms in total. The Kier molecular flexibility index (Phi) is 3.74. The predicted molar refractivity (Wildman–Crippen MR) is 71.3 cm³/mol. The summed E-state index contributed by atoms with van der Waals surface area (Å²) in [6, 6.07) is 0. The monoisotopic (exact) mass is 329 g/mol. The molecule has 1 N–H and O–H groups in total. The van der Waals surface area contributed by atoms with E-state index in [9.17, 15) is 4.79 Å². The molecule has 3 rings (SSSR count). The summed E-state index contributed by atoms with van der Waals surface area (Å²) < 4.78 is 13.4. The van der Waals surface area contributed by atoms with Gasteiger partial charge in [0.2, 0.25) is 5.88 Å². The van der Waals surface area contributed by atoms with Crippen LogP contribution in [-0.4, -0.2) is 41.6 Å². The van der Waals surface area contributed by atoms with Crippen molar-refractivity contribution < 1.29 is 14.3 Å². The number of hydrogen-bond donors (Lipinski definition) is 1. The van der Waals surface area contributed by atoms with Gasteiger partial charge < -0.3 is 14.8 Å². The average molecular weight is 330 g/mol. The fourth-order valence-electron chi connectivity index (χ4n) is 2.34. The van der Waals surface area contributed by atoms with E-state index in [1.165, 1.54) is 0 Å². The summed E-state index contributed by atoms with van der Waals surface area (Å²) in [7, 11) is 0. The maximum Gasteiger partial charge on any atom is 0.273 e. The van der Waals surface area contributed by atoms with Crippen LogP contribution in [0.25, 0.3) is 0 Å². The lowest BCUT2D eigenvalue weighted by Crippen LogP contribution is -2.32. The number of amides is 1. The van der Waals surface area contributed by atoms with Crippen molar-refractivity contribution in [2.45, 2.75) is 31.9 Å². The molecule has 1 unspecified atom stereocenters. The van der Waals surface area contributed by atoms with E-state index in [0.717, 1.165) is 32.4 Å². The van der Waals surface area contributed by atoms with Crippen molar-refractivity contribution in [2.24, 2.45) is 0 Å². The van der Waals surface area contributed by atoms with Gasteiger partial charge >= 0.3 is 0 Å². The Morgan fingerprint density at radius 2 is 2.37 bits per heavy atom. The summed E-state index contributed by atoms with van der Waals surface area (Å²) in [6.45, 7) is 2.78. The Morgan fingerprint density at radius 3 is 3.11 bits per heavy atom. The lowest BCUT2D eigenvalue weighted by Gasteiger charge is -2.14. The molecule has 0 spiro atoms. The highest BCUT2D eigenvalue weighted by Gasteiger charge is 2.25. The summed E-state index contributed by atoms with van der Waals surface area (Å²) >= 11 is 3.39. The minimum Gasteiger partial charge on any atom is -0.477 e. The van der Waals surface area contributed by atoms with Crippen LogP contribution < -0.4 is 10.1 Å². The Labute approximate surface area is 119 Å². The second kappa shape index (κ2) is 5.50. The lowest BCUT2D eigenvalue weighted by molar-refractivity contribution is 0.0852. The van der Waals surface area contributed by atoms with Gasteiger partial charge in [0.1, 0.15) is 4.47 Å². The topological polar surface area (TPSA) is 65.4 Å². The Hall–Kier alpha value is -1.08. The van der Waals surface area contributed by atoms with Crippen LogP contribution in [0, 0.1) is 0 Å². The van der Waals surface area contributed by atoms with Crippen LogP contribution in [0.4, 0.5) is 0 Å². The van der Waals surface area contributed by atoms with E-state index < -0.39 is 0 Å². The molecule has 7 heteroatoms. The molecule has 2 aliphatic rings. The maximum absolute atomic E-state index is 12.1. The molecule has 0 aliphatic carbocycles. The second-order valence-corrected chi connectivity index (χ2v) is 5.53. The molecule has 19 heavy (non-hydrogen) atoms. The number of nitrogens with zero attached hydrogens (tertiary/aromatic N) is 2. The molecule has 3 heterocycles. The summed E-state index contributed by atoms with van der Waals surface area (Å²) in [4.78, 5) is 12.1. The van der Waals surface area contributed by atoms with Crippen LogP contribution in [0.2, 0.25) is 0 Å². The zero-order chi connectivity index (χ0) is 13.2. The predicted octanol–water partition coefficient (Wildman–Crippen LogP) is 1.34. The van der Waals surface area contributed by atoms with E-state index >= 15 is 0 Å². The van der Waals surface area contributed by atoms with Gasteiger partial charge in [0.25, 0.3) is 5.91 Å². The van der Waals surface area contributed by atoms with E-state index in [0.29, 0.717) is 29.2 Å². The van der Waals surface area contributed by atoms with Gasteiger partial charge in [-0.3, -0.25) is 4.79 Å². The molecular formula is C12H16BrN3O3. The van der Waals surface area contributed by atoms with E-state index in [2.05, 4.69) is 26.3 Å². The fourth-order valence-corrected chi connectivity index (χ4v) is 2.92. The fraction of sp³-hybridized carbons (Fsp3) is 0.667. The average Bonchev–Trinajstić information content (AvgIpc) is 3.05. The van der Waals surface area contributed by atoms with Crippen molar-refractivity contribution in [3.8, 4) is 5.88 Å². The van der Waals surface area contributed by atoms with Crippen LogP contribution in [0.3, 0.4) is 0 Å². The van der Waals surface area contributed by atoms with Gasteiger partial charge in [-0.15, -0.1) is 0 Å². The van der Waals surface area contributed by atoms with Crippen LogP contribution >= 0.6 is 15.9 Å². The van der Waals surface area contributed by atoms with E-state index in [1.54, 1.807) is 4.68 Å². The first kappa shape index (κ1) is 12.9. The molecule has 2 aliphatic heterocycles. The number of aryl methyl sites for hydroxylation is 1. The molecule has 1 saturated heterocycles. The zero-order valence-electron chi connectivity index (χ0n) is 10.5. The number of nitrogens with one attached hydrogen (secondary N) is 1. The number of carbonyl (C=O) groups excluding carboxylic acids is 1. The molecular weight excluding hydrogens is 314 g/mol. The van der Waals surface area contributed by atoms with Crippen molar-refractivity contribution >= 4 is 21.8 Å². The summed E-state index contributed by atoms with van der Waals surface area (Å²) in [5.41, 5.74) is 0.384. The molecule has 1 fully saturated rings. The number of aromatic nitrogens is 2. The molecule has 1 amide bonds. The first-order valence-corrected chi connectivity index (χ1v) is 7.34. The van der Waals surface area contributed by atoms with Crippen molar-refractivity contribution in [1.82, 2.24) is 15.1 Å². The van der Waals surface area contributed by atoms with Gasteiger partial charge in [-0.2, -0.15) is 5.10 Å². The van der Waals surface area contributed by atoms with Crippen molar-refractivity contribution in [3.63, 3.8) is 0 Å². The second-order valence-electron chi connectivity index (χ2n) is 4.74. The number of halogens is 1. The Bertz CT molecular complexity index is 483. The Morgan fingerprint density at radius 1 is 1.47 bits per heavy atom. The van der Waals surface area contributed by atoms with Crippen molar-refractivity contribution in [2.75, 3.05) is 19.8 Å². The smallest absolute Gasteiger partial charge is 0.273 e. The maximum atomic E-state index is 12.1. The lowest BCUT2D eigenvalue weighted by atomic mass is 10.2. The molecule has 104 valence electrons. The quantitative estimate of drug-likeness (QED) is 0.908. The standard InChI is InChI=1S/C12H16BrN3O3/c13-9-10(15-16-4-2-6-19-12(9)16)11(17)14-7-8-3-1-5-18-8/h8H,1-7H2,(H,14,17). The first-order chi connectivity index (χ1) is 9.25. The largest absolute Gasteiger partial charge is 0.477 e. The van der Waals surface area contributed by atoms with Crippen molar-refractivity contribution in [1.29, 1.82) is 0 Å². The third-order valence-electron chi connectivity index (χ3n) is 3.33. The van der Waals surface area contributed by atoms with E-state index in [1.807, 2.05) is 0 Å². The van der Waals surface area contributed by atoms with Gasteiger partial charge in [-0.25, -0.2) is 4.68 Å². The van der Waals surface area contributed by atoms with Gasteiger partial charge in [-0.1, -0.05) is 0 Å². The molecule has 0 aromatic carbocycles. The number of carbonyl (C=O) groups is 1. The van der Waals surface area contributed by atoms with Crippen LogP contribution in [0.1, 0.15) is 29.8 Å². The number of fused-ring (bicyclic) bond motifs is 1. The molecule has 1 aromatic rings. The van der Waals surface area contributed by atoms with E-state index in [-0.39, 0.29) is 12.0 Å². The first-order valence-electron chi connectivity index (χ1n) is 6.54. The van der Waals surface area contributed by atoms with Gasteiger partial charge in [0.05, 0.1) is 12.7 Å². The molecule has 1 aromatic heterocycles. The van der Waals surface area contributed by atoms with Crippen LogP contribution in [-0.2, 0) is 11.3 Å². The molecule has 0 saturated carbocycles. The molecule has 1 atom stereocenters. The van der Waals surface area contributed by atoms with E-state index in [4.69, 9.17) is 9.47 Å². The van der Waals surface area contributed by atoms with Crippen molar-refractivity contribution in [3.05, 3.63) is 10.2 Å². The summed E-state index contributed by atoms with van der Waals surface area (Å²) in [5, 5.41) is 7.15. The minimum absolute atomic E-state index is 0.135. The van der Waals surface area contributed by atoms with Gasteiger partial charge in [0.15, 0.2) is 5.69 Å². The van der Waals surface area contributed by atoms with Crippen LogP contribution in [0.5, 0.6) is 5.88 Å². The summed E-state index contributed by atoms with van der Waals surface area (Å²) in [5.74, 6) is 0.460.